The Labute approximate surface area is 189 Å². The molecule has 2 aliphatic rings. The molecule has 0 radical (unpaired) electrons. The smallest absolute Gasteiger partial charge is 0.203 e. The Balaban J connectivity index is 1.97. The van der Waals surface area contributed by atoms with E-state index in [1.807, 2.05) is 12.1 Å². The van der Waals surface area contributed by atoms with Crippen LogP contribution in [-0.4, -0.2) is 27.1 Å². The first-order chi connectivity index (χ1) is 15.2. The van der Waals surface area contributed by atoms with Crippen molar-refractivity contribution in [3.63, 3.8) is 0 Å². The minimum atomic E-state index is -0.390. The number of fused-ring (bicyclic) bond motifs is 1. The monoisotopic (exact) mass is 436 g/mol. The molecule has 0 amide bonds. The normalized spacial score (nSPS) is 19.2. The van der Waals surface area contributed by atoms with E-state index in [1.165, 1.54) is 11.1 Å². The zero-order valence-corrected chi connectivity index (χ0v) is 19.9. The zero-order chi connectivity index (χ0) is 23.2. The first kappa shape index (κ1) is 22.1. The van der Waals surface area contributed by atoms with Crippen LogP contribution in [0.15, 0.2) is 35.5 Å². The number of ketones is 1. The highest BCUT2D eigenvalue weighted by molar-refractivity contribution is 6.01. The lowest BCUT2D eigenvalue weighted by Crippen LogP contribution is -2.31. The van der Waals surface area contributed by atoms with E-state index in [0.29, 0.717) is 23.7 Å². The lowest BCUT2D eigenvalue weighted by atomic mass is 9.73. The Bertz CT molecular complexity index is 1120. The first-order valence-corrected chi connectivity index (χ1v) is 10.9. The van der Waals surface area contributed by atoms with Crippen LogP contribution in [0.2, 0.25) is 0 Å². The van der Waals surface area contributed by atoms with E-state index in [4.69, 9.17) is 14.2 Å². The molecule has 32 heavy (non-hydrogen) atoms. The summed E-state index contributed by atoms with van der Waals surface area (Å²) in [4.78, 5) is 13.5. The van der Waals surface area contributed by atoms with Gasteiger partial charge in [-0.15, -0.1) is 0 Å². The Kier molecular flexibility index (Phi) is 5.57. The molecule has 0 unspecified atom stereocenters. The topological polar surface area (TPSA) is 68.8 Å². The third-order valence-electron chi connectivity index (χ3n) is 6.47. The van der Waals surface area contributed by atoms with Gasteiger partial charge < -0.3 is 24.8 Å². The molecular weight excluding hydrogens is 404 g/mol. The van der Waals surface area contributed by atoms with Gasteiger partial charge in [0.15, 0.2) is 17.3 Å². The number of allylic oxidation sites excluding steroid dienone is 1. The second-order valence-electron chi connectivity index (χ2n) is 9.44. The van der Waals surface area contributed by atoms with Crippen molar-refractivity contribution < 1.29 is 19.0 Å². The highest BCUT2D eigenvalue weighted by Crippen LogP contribution is 2.50. The zero-order valence-electron chi connectivity index (χ0n) is 19.9. The lowest BCUT2D eigenvalue weighted by molar-refractivity contribution is -0.118. The Morgan fingerprint density at radius 1 is 0.906 bits per heavy atom. The number of nitrogens with one attached hydrogen (secondary N) is 2. The molecule has 170 valence electrons. The molecule has 1 aliphatic carbocycles. The van der Waals surface area contributed by atoms with Gasteiger partial charge >= 0.3 is 0 Å². The molecule has 0 fully saturated rings. The molecule has 2 N–H and O–H groups in total. The Morgan fingerprint density at radius 2 is 1.56 bits per heavy atom. The van der Waals surface area contributed by atoms with Gasteiger partial charge in [0.05, 0.1) is 38.7 Å². The van der Waals surface area contributed by atoms with Crippen molar-refractivity contribution >= 4 is 17.2 Å². The lowest BCUT2D eigenvalue weighted by Gasteiger charge is -2.34. The summed E-state index contributed by atoms with van der Waals surface area (Å²) >= 11 is 0. The van der Waals surface area contributed by atoms with E-state index in [2.05, 4.69) is 50.5 Å². The van der Waals surface area contributed by atoms with Gasteiger partial charge in [-0.2, -0.15) is 0 Å². The number of rotatable bonds is 4. The van der Waals surface area contributed by atoms with Crippen LogP contribution in [0.5, 0.6) is 17.2 Å². The van der Waals surface area contributed by atoms with Crippen molar-refractivity contribution in [2.45, 2.75) is 46.6 Å². The molecule has 2 aromatic rings. The summed E-state index contributed by atoms with van der Waals surface area (Å²) in [5, 5.41) is 7.25. The third-order valence-corrected chi connectivity index (χ3v) is 6.47. The van der Waals surface area contributed by atoms with E-state index in [0.717, 1.165) is 34.6 Å². The summed E-state index contributed by atoms with van der Waals surface area (Å²) in [6.45, 7) is 8.47. The molecule has 4 rings (SSSR count). The van der Waals surface area contributed by atoms with Crippen LogP contribution in [0.25, 0.3) is 0 Å². The molecule has 0 bridgehead atoms. The third kappa shape index (κ3) is 3.68. The maximum atomic E-state index is 13.5. The highest BCUT2D eigenvalue weighted by Gasteiger charge is 2.40. The fourth-order valence-corrected chi connectivity index (χ4v) is 4.80. The summed E-state index contributed by atoms with van der Waals surface area (Å²) in [6.07, 6.45) is 1.28. The summed E-state index contributed by atoms with van der Waals surface area (Å²) in [6, 6.07) is 7.69. The van der Waals surface area contributed by atoms with Gasteiger partial charge in [0.2, 0.25) is 5.75 Å². The average Bonchev–Trinajstić information content (AvgIpc) is 2.88. The van der Waals surface area contributed by atoms with Gasteiger partial charge in [-0.3, -0.25) is 4.79 Å². The minimum absolute atomic E-state index is 0.112. The molecule has 0 saturated heterocycles. The molecular formula is C26H32N2O4. The van der Waals surface area contributed by atoms with Crippen molar-refractivity contribution in [3.8, 4) is 17.2 Å². The molecule has 1 aliphatic heterocycles. The standard InChI is InChI=1S/C26H32N2O4/c1-14-10-17-18(11-15(14)2)28-23(22-19(27-17)12-26(3,4)13-20(22)29)16-8-9-21(30-5)25(32-7)24(16)31-6/h8-11,23,27-28H,12-13H2,1-7H3/t23-/m1/s1. The maximum absolute atomic E-state index is 13.5. The predicted octanol–water partition coefficient (Wildman–Crippen LogP) is 5.55. The van der Waals surface area contributed by atoms with E-state index in [1.54, 1.807) is 21.3 Å². The summed E-state index contributed by atoms with van der Waals surface area (Å²) in [5.41, 5.74) is 6.75. The number of hydrogen-bond donors (Lipinski definition) is 2. The molecule has 1 atom stereocenters. The van der Waals surface area contributed by atoms with Crippen LogP contribution < -0.4 is 24.8 Å². The number of aryl methyl sites for hydroxylation is 2. The van der Waals surface area contributed by atoms with E-state index in [-0.39, 0.29) is 17.2 Å². The van der Waals surface area contributed by atoms with Crippen LogP contribution in [0.3, 0.4) is 0 Å². The summed E-state index contributed by atoms with van der Waals surface area (Å²) in [5.74, 6) is 1.79. The van der Waals surface area contributed by atoms with Gasteiger partial charge in [0.25, 0.3) is 0 Å². The Hall–Kier alpha value is -3.15. The fraction of sp³-hybridized carbons (Fsp3) is 0.423. The van der Waals surface area contributed by atoms with Crippen molar-refractivity contribution in [2.75, 3.05) is 32.0 Å². The van der Waals surface area contributed by atoms with Crippen molar-refractivity contribution in [1.82, 2.24) is 0 Å². The largest absolute Gasteiger partial charge is 0.493 e. The second-order valence-corrected chi connectivity index (χ2v) is 9.44. The van der Waals surface area contributed by atoms with Crippen LogP contribution in [-0.2, 0) is 4.79 Å². The van der Waals surface area contributed by atoms with Gasteiger partial charge in [0.1, 0.15) is 0 Å². The SMILES string of the molecule is COc1ccc([C@H]2Nc3cc(C)c(C)cc3NC3=C2C(=O)CC(C)(C)C3)c(OC)c1OC. The van der Waals surface area contributed by atoms with E-state index in [9.17, 15) is 4.79 Å². The molecule has 1 heterocycles. The van der Waals surface area contributed by atoms with E-state index < -0.39 is 0 Å². The van der Waals surface area contributed by atoms with Crippen molar-refractivity contribution in [1.29, 1.82) is 0 Å². The number of ether oxygens (including phenoxy) is 3. The van der Waals surface area contributed by atoms with Gasteiger partial charge in [-0.05, 0) is 61.1 Å². The fourth-order valence-electron chi connectivity index (χ4n) is 4.80. The van der Waals surface area contributed by atoms with Gasteiger partial charge in [0, 0.05) is 23.3 Å². The molecule has 0 saturated carbocycles. The van der Waals surface area contributed by atoms with E-state index >= 15 is 0 Å². The molecule has 0 aromatic heterocycles. The number of carbonyl (C=O) groups excluding carboxylic acids is 1. The Morgan fingerprint density at radius 3 is 2.19 bits per heavy atom. The van der Waals surface area contributed by atoms with Gasteiger partial charge in [-0.25, -0.2) is 0 Å². The molecule has 2 aromatic carbocycles. The molecule has 6 nitrogen and oxygen atoms in total. The van der Waals surface area contributed by atoms with Crippen LogP contribution in [0.1, 0.15) is 49.4 Å². The summed E-state index contributed by atoms with van der Waals surface area (Å²) < 4.78 is 16.9. The van der Waals surface area contributed by atoms with Crippen LogP contribution >= 0.6 is 0 Å². The molecule has 6 heteroatoms. The quantitative estimate of drug-likeness (QED) is 0.655. The van der Waals surface area contributed by atoms with Crippen LogP contribution in [0, 0.1) is 19.3 Å². The number of hydrogen-bond acceptors (Lipinski definition) is 6. The highest BCUT2D eigenvalue weighted by atomic mass is 16.5. The number of Topliss-reactive ketones (excluding diaryl/α,β-unsaturated/α-hetero) is 1. The number of methoxy groups -OCH3 is 3. The average molecular weight is 437 g/mol. The van der Waals surface area contributed by atoms with Crippen LogP contribution in [0.4, 0.5) is 11.4 Å². The minimum Gasteiger partial charge on any atom is -0.493 e. The number of carbonyl (C=O) groups is 1. The summed E-state index contributed by atoms with van der Waals surface area (Å²) in [7, 11) is 4.80. The first-order valence-electron chi connectivity index (χ1n) is 10.9. The second kappa shape index (κ2) is 8.08. The molecule has 0 spiro atoms. The van der Waals surface area contributed by atoms with Crippen molar-refractivity contribution in [2.24, 2.45) is 5.41 Å². The van der Waals surface area contributed by atoms with Gasteiger partial charge in [-0.1, -0.05) is 13.8 Å². The number of anilines is 2. The number of benzene rings is 2. The van der Waals surface area contributed by atoms with Crippen molar-refractivity contribution in [3.05, 3.63) is 52.2 Å². The predicted molar refractivity (Wildman–Crippen MR) is 127 cm³/mol. The maximum Gasteiger partial charge on any atom is 0.203 e.